The molecule has 0 radical (unpaired) electrons. The molecule has 2 atom stereocenters. The van der Waals surface area contributed by atoms with E-state index < -0.39 is 5.41 Å². The standard InChI is InChI=1S/C21H34O4/c1-21(20(23)25-17-12-6-3-7-13-17)15-9-8-14-18(21)19(22)24-16-10-4-2-5-11-16/h16-18H,2-15H2,1H3. The first-order valence-electron chi connectivity index (χ1n) is 10.5. The summed E-state index contributed by atoms with van der Waals surface area (Å²) in [5.74, 6) is -0.654. The molecular formula is C21H34O4. The van der Waals surface area contributed by atoms with Crippen LogP contribution in [0.25, 0.3) is 0 Å². The Hall–Kier alpha value is -1.06. The molecular weight excluding hydrogens is 316 g/mol. The van der Waals surface area contributed by atoms with E-state index in [2.05, 4.69) is 0 Å². The highest BCUT2D eigenvalue weighted by molar-refractivity contribution is 5.85. The van der Waals surface area contributed by atoms with Crippen LogP contribution in [-0.4, -0.2) is 24.1 Å². The van der Waals surface area contributed by atoms with Gasteiger partial charge < -0.3 is 9.47 Å². The van der Waals surface area contributed by atoms with Gasteiger partial charge in [-0.05, 0) is 71.1 Å². The van der Waals surface area contributed by atoms with Gasteiger partial charge in [-0.1, -0.05) is 25.7 Å². The van der Waals surface area contributed by atoms with Crippen molar-refractivity contribution in [1.82, 2.24) is 0 Å². The Balaban J connectivity index is 1.63. The summed E-state index contributed by atoms with van der Waals surface area (Å²) < 4.78 is 11.7. The van der Waals surface area contributed by atoms with Crippen LogP contribution in [0, 0.1) is 11.3 Å². The van der Waals surface area contributed by atoms with E-state index in [9.17, 15) is 9.59 Å². The zero-order valence-corrected chi connectivity index (χ0v) is 15.8. The zero-order valence-electron chi connectivity index (χ0n) is 15.8. The van der Waals surface area contributed by atoms with Crippen molar-refractivity contribution in [3.63, 3.8) is 0 Å². The summed E-state index contributed by atoms with van der Waals surface area (Å²) in [6, 6.07) is 0. The Kier molecular flexibility index (Phi) is 6.40. The zero-order chi connectivity index (χ0) is 17.7. The molecule has 0 heterocycles. The molecule has 0 aliphatic heterocycles. The minimum atomic E-state index is -0.707. The van der Waals surface area contributed by atoms with Crippen molar-refractivity contribution in [1.29, 1.82) is 0 Å². The molecule has 4 nitrogen and oxygen atoms in total. The van der Waals surface area contributed by atoms with Gasteiger partial charge in [-0.25, -0.2) is 0 Å². The van der Waals surface area contributed by atoms with Crippen LogP contribution in [0.2, 0.25) is 0 Å². The summed E-state index contributed by atoms with van der Waals surface area (Å²) in [4.78, 5) is 25.8. The van der Waals surface area contributed by atoms with Crippen LogP contribution in [0.1, 0.15) is 96.8 Å². The lowest BCUT2D eigenvalue weighted by Gasteiger charge is -2.39. The minimum Gasteiger partial charge on any atom is -0.462 e. The van der Waals surface area contributed by atoms with Gasteiger partial charge in [0.15, 0.2) is 0 Å². The quantitative estimate of drug-likeness (QED) is 0.674. The summed E-state index contributed by atoms with van der Waals surface area (Å²) >= 11 is 0. The first-order valence-corrected chi connectivity index (χ1v) is 10.5. The highest BCUT2D eigenvalue weighted by Gasteiger charge is 2.49. The van der Waals surface area contributed by atoms with Crippen LogP contribution in [0.5, 0.6) is 0 Å². The lowest BCUT2D eigenvalue weighted by atomic mass is 9.67. The van der Waals surface area contributed by atoms with E-state index in [1.54, 1.807) is 0 Å². The first-order chi connectivity index (χ1) is 12.1. The number of rotatable bonds is 4. The summed E-state index contributed by atoms with van der Waals surface area (Å²) in [7, 11) is 0. The van der Waals surface area contributed by atoms with Crippen molar-refractivity contribution < 1.29 is 19.1 Å². The van der Waals surface area contributed by atoms with Gasteiger partial charge in [0.1, 0.15) is 12.2 Å². The lowest BCUT2D eigenvalue weighted by molar-refractivity contribution is -0.179. The number of esters is 2. The molecule has 0 amide bonds. The Bertz CT molecular complexity index is 463. The largest absolute Gasteiger partial charge is 0.462 e. The number of ether oxygens (including phenoxy) is 2. The van der Waals surface area contributed by atoms with Crippen molar-refractivity contribution in [2.45, 2.75) is 109 Å². The fraction of sp³-hybridized carbons (Fsp3) is 0.905. The van der Waals surface area contributed by atoms with Crippen molar-refractivity contribution in [3.8, 4) is 0 Å². The normalized spacial score (nSPS) is 32.1. The Labute approximate surface area is 152 Å². The monoisotopic (exact) mass is 350 g/mol. The van der Waals surface area contributed by atoms with Crippen molar-refractivity contribution >= 4 is 11.9 Å². The van der Waals surface area contributed by atoms with Gasteiger partial charge >= 0.3 is 11.9 Å². The molecule has 4 heteroatoms. The van der Waals surface area contributed by atoms with Gasteiger partial charge in [-0.2, -0.15) is 0 Å². The molecule has 3 fully saturated rings. The maximum atomic E-state index is 13.0. The van der Waals surface area contributed by atoms with Gasteiger partial charge in [0.25, 0.3) is 0 Å². The molecule has 0 aromatic heterocycles. The molecule has 0 aromatic rings. The third kappa shape index (κ3) is 4.57. The predicted molar refractivity (Wildman–Crippen MR) is 96.0 cm³/mol. The van der Waals surface area contributed by atoms with E-state index >= 15 is 0 Å². The first kappa shape index (κ1) is 18.7. The van der Waals surface area contributed by atoms with Crippen LogP contribution >= 0.6 is 0 Å². The maximum Gasteiger partial charge on any atom is 0.312 e. The molecule has 0 spiro atoms. The number of carbonyl (C=O) groups excluding carboxylic acids is 2. The second-order valence-electron chi connectivity index (χ2n) is 8.58. The average Bonchev–Trinajstić information content (AvgIpc) is 2.63. The summed E-state index contributed by atoms with van der Waals surface area (Å²) in [5.41, 5.74) is -0.707. The van der Waals surface area contributed by atoms with Gasteiger partial charge in [-0.15, -0.1) is 0 Å². The Morgan fingerprint density at radius 2 is 1.24 bits per heavy atom. The Morgan fingerprint density at radius 3 is 1.84 bits per heavy atom. The van der Waals surface area contributed by atoms with Crippen LogP contribution in [0.3, 0.4) is 0 Å². The second kappa shape index (κ2) is 8.55. The number of hydrogen-bond acceptors (Lipinski definition) is 4. The summed E-state index contributed by atoms with van der Waals surface area (Å²) in [6.07, 6.45) is 14.5. The third-order valence-corrected chi connectivity index (χ3v) is 6.62. The molecule has 0 aromatic carbocycles. The summed E-state index contributed by atoms with van der Waals surface area (Å²) in [6.45, 7) is 1.93. The van der Waals surface area contributed by atoms with E-state index in [1.807, 2.05) is 6.92 Å². The molecule has 25 heavy (non-hydrogen) atoms. The van der Waals surface area contributed by atoms with Gasteiger partial charge in [0.2, 0.25) is 0 Å². The number of hydrogen-bond donors (Lipinski definition) is 0. The maximum absolute atomic E-state index is 13.0. The van der Waals surface area contributed by atoms with Gasteiger partial charge in [0.05, 0.1) is 11.3 Å². The molecule has 3 aliphatic rings. The fourth-order valence-electron chi connectivity index (χ4n) is 4.85. The van der Waals surface area contributed by atoms with E-state index in [4.69, 9.17) is 9.47 Å². The molecule has 3 saturated carbocycles. The molecule has 0 bridgehead atoms. The van der Waals surface area contributed by atoms with Crippen LogP contribution < -0.4 is 0 Å². The molecule has 0 N–H and O–H groups in total. The van der Waals surface area contributed by atoms with Gasteiger partial charge in [0, 0.05) is 0 Å². The highest BCUT2D eigenvalue weighted by Crippen LogP contribution is 2.44. The van der Waals surface area contributed by atoms with E-state index in [-0.39, 0.29) is 30.1 Å². The second-order valence-corrected chi connectivity index (χ2v) is 8.58. The molecule has 3 rings (SSSR count). The average molecular weight is 350 g/mol. The van der Waals surface area contributed by atoms with Gasteiger partial charge in [-0.3, -0.25) is 9.59 Å². The molecule has 2 unspecified atom stereocenters. The highest BCUT2D eigenvalue weighted by atomic mass is 16.6. The topological polar surface area (TPSA) is 52.6 Å². The lowest BCUT2D eigenvalue weighted by Crippen LogP contribution is -2.46. The summed E-state index contributed by atoms with van der Waals surface area (Å²) in [5, 5.41) is 0. The fourth-order valence-corrected chi connectivity index (χ4v) is 4.85. The van der Waals surface area contributed by atoms with Crippen LogP contribution in [0.4, 0.5) is 0 Å². The SMILES string of the molecule is CC1(C(=O)OC2CCCCC2)CCCCC1C(=O)OC1CCCCC1. The van der Waals surface area contributed by atoms with E-state index in [1.165, 1.54) is 12.8 Å². The minimum absolute atomic E-state index is 0.0509. The van der Waals surface area contributed by atoms with Crippen molar-refractivity contribution in [2.24, 2.45) is 11.3 Å². The predicted octanol–water partition coefficient (Wildman–Crippen LogP) is 4.93. The Morgan fingerprint density at radius 1 is 0.720 bits per heavy atom. The van der Waals surface area contributed by atoms with Crippen LogP contribution in [0.15, 0.2) is 0 Å². The van der Waals surface area contributed by atoms with E-state index in [0.717, 1.165) is 77.0 Å². The van der Waals surface area contributed by atoms with Crippen LogP contribution in [-0.2, 0) is 19.1 Å². The molecule has 142 valence electrons. The smallest absolute Gasteiger partial charge is 0.312 e. The van der Waals surface area contributed by atoms with E-state index in [0.29, 0.717) is 0 Å². The molecule has 0 saturated heterocycles. The third-order valence-electron chi connectivity index (χ3n) is 6.62. The van der Waals surface area contributed by atoms with Crippen molar-refractivity contribution in [2.75, 3.05) is 0 Å². The molecule has 3 aliphatic carbocycles. The van der Waals surface area contributed by atoms with Crippen molar-refractivity contribution in [3.05, 3.63) is 0 Å². The number of carbonyl (C=O) groups is 2.